The molecular formula is C20H20N2O4S. The molecular weight excluding hydrogens is 364 g/mol. The lowest BCUT2D eigenvalue weighted by Crippen LogP contribution is -2.21. The molecule has 0 atom stereocenters. The summed E-state index contributed by atoms with van der Waals surface area (Å²) >= 11 is 0. The van der Waals surface area contributed by atoms with Gasteiger partial charge in [-0.05, 0) is 30.7 Å². The van der Waals surface area contributed by atoms with Gasteiger partial charge in [0, 0.05) is 5.41 Å². The van der Waals surface area contributed by atoms with Crippen molar-refractivity contribution in [1.29, 1.82) is 0 Å². The standard InChI is InChI=1S/C20H20N2O4S/c1-16-8-10-17(11-9-16)12-15-27(24,25)22-13-4-5-14-26-19-7-3-2-6-18(19)20(21)23/h2-3,6-12,15,22H,13-14H2,1H3,(H2,21,23). The fourth-order valence-electron chi connectivity index (χ4n) is 2.05. The molecule has 1 amide bonds. The summed E-state index contributed by atoms with van der Waals surface area (Å²) in [6.45, 7) is 1.91. The lowest BCUT2D eigenvalue weighted by Gasteiger charge is -2.05. The van der Waals surface area contributed by atoms with E-state index in [2.05, 4.69) is 16.6 Å². The van der Waals surface area contributed by atoms with E-state index in [1.54, 1.807) is 24.3 Å². The monoisotopic (exact) mass is 384 g/mol. The normalized spacial score (nSPS) is 11.0. The van der Waals surface area contributed by atoms with E-state index in [4.69, 9.17) is 10.5 Å². The van der Waals surface area contributed by atoms with Crippen LogP contribution in [0, 0.1) is 18.8 Å². The summed E-state index contributed by atoms with van der Waals surface area (Å²) in [6, 6.07) is 14.0. The second-order valence-electron chi connectivity index (χ2n) is 5.58. The molecule has 0 heterocycles. The maximum Gasteiger partial charge on any atom is 0.252 e. The van der Waals surface area contributed by atoms with Crippen molar-refractivity contribution >= 4 is 22.0 Å². The SMILES string of the molecule is Cc1ccc(C=CS(=O)(=O)NCC#CCOc2ccccc2C(N)=O)cc1. The molecule has 0 aliphatic rings. The van der Waals surface area contributed by atoms with Crippen LogP contribution in [0.4, 0.5) is 0 Å². The minimum atomic E-state index is -3.58. The number of sulfonamides is 1. The summed E-state index contributed by atoms with van der Waals surface area (Å²) in [5.41, 5.74) is 7.41. The predicted octanol–water partition coefficient (Wildman–Crippen LogP) is 2.07. The van der Waals surface area contributed by atoms with Crippen molar-refractivity contribution in [3.63, 3.8) is 0 Å². The van der Waals surface area contributed by atoms with Crippen molar-refractivity contribution in [2.24, 2.45) is 5.73 Å². The fourth-order valence-corrected chi connectivity index (χ4v) is 2.76. The molecule has 6 nitrogen and oxygen atoms in total. The average molecular weight is 384 g/mol. The summed E-state index contributed by atoms with van der Waals surface area (Å²) in [5, 5.41) is 1.10. The molecule has 140 valence electrons. The average Bonchev–Trinajstić information content (AvgIpc) is 2.64. The van der Waals surface area contributed by atoms with Crippen molar-refractivity contribution in [1.82, 2.24) is 4.72 Å². The van der Waals surface area contributed by atoms with Gasteiger partial charge in [0.05, 0.1) is 12.1 Å². The summed E-state index contributed by atoms with van der Waals surface area (Å²) < 4.78 is 31.5. The number of benzene rings is 2. The van der Waals surface area contributed by atoms with Crippen LogP contribution in [-0.2, 0) is 10.0 Å². The van der Waals surface area contributed by atoms with Gasteiger partial charge in [-0.2, -0.15) is 4.72 Å². The van der Waals surface area contributed by atoms with Crippen LogP contribution in [0.15, 0.2) is 53.9 Å². The number of carbonyl (C=O) groups is 1. The smallest absolute Gasteiger partial charge is 0.252 e. The number of hydrogen-bond acceptors (Lipinski definition) is 4. The van der Waals surface area contributed by atoms with E-state index in [1.807, 2.05) is 31.2 Å². The highest BCUT2D eigenvalue weighted by atomic mass is 32.2. The molecule has 27 heavy (non-hydrogen) atoms. The molecule has 3 N–H and O–H groups in total. The second-order valence-corrected chi connectivity index (χ2v) is 7.23. The molecule has 7 heteroatoms. The number of carbonyl (C=O) groups excluding carboxylic acids is 1. The number of para-hydroxylation sites is 1. The minimum Gasteiger partial charge on any atom is -0.480 e. The molecule has 2 aromatic carbocycles. The zero-order valence-corrected chi connectivity index (χ0v) is 15.6. The first-order valence-corrected chi connectivity index (χ1v) is 9.64. The Balaban J connectivity index is 1.82. The largest absolute Gasteiger partial charge is 0.480 e. The molecule has 0 aliphatic heterocycles. The van der Waals surface area contributed by atoms with Crippen LogP contribution in [0.1, 0.15) is 21.5 Å². The van der Waals surface area contributed by atoms with Crippen molar-refractivity contribution in [2.75, 3.05) is 13.2 Å². The molecule has 0 radical (unpaired) electrons. The van der Waals surface area contributed by atoms with Crippen molar-refractivity contribution in [3.8, 4) is 17.6 Å². The number of amides is 1. The molecule has 0 unspecified atom stereocenters. The predicted molar refractivity (Wildman–Crippen MR) is 105 cm³/mol. The van der Waals surface area contributed by atoms with Crippen molar-refractivity contribution < 1.29 is 17.9 Å². The van der Waals surface area contributed by atoms with Crippen LogP contribution in [0.5, 0.6) is 5.75 Å². The molecule has 2 aromatic rings. The zero-order chi connectivity index (χ0) is 19.7. The molecule has 0 aromatic heterocycles. The molecule has 0 fully saturated rings. The van der Waals surface area contributed by atoms with Crippen molar-refractivity contribution in [3.05, 3.63) is 70.6 Å². The minimum absolute atomic E-state index is 0.00519. The number of rotatable bonds is 7. The van der Waals surface area contributed by atoms with Crippen LogP contribution in [0.3, 0.4) is 0 Å². The highest BCUT2D eigenvalue weighted by Crippen LogP contribution is 2.16. The van der Waals surface area contributed by atoms with Gasteiger partial charge in [-0.1, -0.05) is 53.8 Å². The maximum absolute atomic E-state index is 11.9. The summed E-state index contributed by atoms with van der Waals surface area (Å²) in [5.74, 6) is 5.07. The Bertz CT molecular complexity index is 985. The molecule has 0 bridgehead atoms. The Kier molecular flexibility index (Phi) is 7.17. The number of nitrogens with one attached hydrogen (secondary N) is 1. The summed E-state index contributed by atoms with van der Waals surface area (Å²) in [7, 11) is -3.58. The van der Waals surface area contributed by atoms with E-state index in [-0.39, 0.29) is 18.7 Å². The lowest BCUT2D eigenvalue weighted by molar-refractivity contribution is 0.0997. The van der Waals surface area contributed by atoms with Crippen LogP contribution in [0.2, 0.25) is 0 Å². The Hall–Kier alpha value is -3.08. The second kappa shape index (κ2) is 9.57. The Morgan fingerprint density at radius 2 is 1.85 bits per heavy atom. The Morgan fingerprint density at radius 3 is 2.56 bits per heavy atom. The number of primary amides is 1. The quantitative estimate of drug-likeness (QED) is 0.714. The number of nitrogens with two attached hydrogens (primary N) is 1. The third kappa shape index (κ3) is 6.98. The van der Waals surface area contributed by atoms with Crippen LogP contribution >= 0.6 is 0 Å². The van der Waals surface area contributed by atoms with E-state index < -0.39 is 15.9 Å². The summed E-state index contributed by atoms with van der Waals surface area (Å²) in [6.07, 6.45) is 1.51. The van der Waals surface area contributed by atoms with Gasteiger partial charge in [-0.15, -0.1) is 0 Å². The van der Waals surface area contributed by atoms with E-state index in [0.29, 0.717) is 5.75 Å². The van der Waals surface area contributed by atoms with E-state index >= 15 is 0 Å². The van der Waals surface area contributed by atoms with Crippen molar-refractivity contribution in [2.45, 2.75) is 6.92 Å². The number of aryl methyl sites for hydroxylation is 1. The maximum atomic E-state index is 11.9. The third-order valence-electron chi connectivity index (χ3n) is 3.46. The first kappa shape index (κ1) is 20.2. The van der Waals surface area contributed by atoms with Gasteiger partial charge in [0.1, 0.15) is 12.4 Å². The number of hydrogen-bond donors (Lipinski definition) is 2. The van der Waals surface area contributed by atoms with E-state index in [9.17, 15) is 13.2 Å². The third-order valence-corrected chi connectivity index (χ3v) is 4.50. The van der Waals surface area contributed by atoms with Gasteiger partial charge >= 0.3 is 0 Å². The molecule has 0 spiro atoms. The van der Waals surface area contributed by atoms with Gasteiger partial charge in [-0.3, -0.25) is 4.79 Å². The Labute approximate surface area is 159 Å². The molecule has 0 saturated carbocycles. The van der Waals surface area contributed by atoms with Gasteiger partial charge in [0.2, 0.25) is 10.0 Å². The highest BCUT2D eigenvalue weighted by Gasteiger charge is 2.07. The van der Waals surface area contributed by atoms with Crippen LogP contribution in [-0.4, -0.2) is 27.5 Å². The molecule has 0 aliphatic carbocycles. The van der Waals surface area contributed by atoms with E-state index in [1.165, 1.54) is 6.08 Å². The van der Waals surface area contributed by atoms with Gasteiger partial charge in [-0.25, -0.2) is 8.42 Å². The zero-order valence-electron chi connectivity index (χ0n) is 14.8. The Morgan fingerprint density at radius 1 is 1.15 bits per heavy atom. The van der Waals surface area contributed by atoms with Gasteiger partial charge in [0.25, 0.3) is 5.91 Å². The highest BCUT2D eigenvalue weighted by molar-refractivity contribution is 7.92. The van der Waals surface area contributed by atoms with Crippen LogP contribution in [0.25, 0.3) is 6.08 Å². The summed E-state index contributed by atoms with van der Waals surface area (Å²) in [4.78, 5) is 11.3. The molecule has 0 saturated heterocycles. The topological polar surface area (TPSA) is 98.5 Å². The van der Waals surface area contributed by atoms with Gasteiger partial charge in [0.15, 0.2) is 0 Å². The first-order valence-electron chi connectivity index (χ1n) is 8.09. The first-order chi connectivity index (χ1) is 12.9. The van der Waals surface area contributed by atoms with Crippen LogP contribution < -0.4 is 15.2 Å². The fraction of sp³-hybridized carbons (Fsp3) is 0.150. The van der Waals surface area contributed by atoms with E-state index in [0.717, 1.165) is 16.5 Å². The lowest BCUT2D eigenvalue weighted by atomic mass is 10.2. The molecule has 2 rings (SSSR count). The van der Waals surface area contributed by atoms with Gasteiger partial charge < -0.3 is 10.5 Å². The number of ether oxygens (including phenoxy) is 1.